The molecule has 0 saturated heterocycles. The molecule has 1 unspecified atom stereocenters. The third kappa shape index (κ3) is 3.28. The van der Waals surface area contributed by atoms with Crippen molar-refractivity contribution in [2.24, 2.45) is 4.99 Å². The molecule has 1 heterocycles. The first-order valence-electron chi connectivity index (χ1n) is 8.78. The lowest BCUT2D eigenvalue weighted by Gasteiger charge is -2.21. The van der Waals surface area contributed by atoms with Crippen molar-refractivity contribution in [3.63, 3.8) is 0 Å². The fourth-order valence-electron chi connectivity index (χ4n) is 2.81. The van der Waals surface area contributed by atoms with Crippen LogP contribution < -0.4 is 10.3 Å². The molecule has 0 aromatic heterocycles. The fraction of sp³-hybridized carbons (Fsp3) is 0.400. The van der Waals surface area contributed by atoms with E-state index < -0.39 is 0 Å². The Labute approximate surface area is 143 Å². The quantitative estimate of drug-likeness (QED) is 0.650. The lowest BCUT2D eigenvalue weighted by atomic mass is 10.2. The summed E-state index contributed by atoms with van der Waals surface area (Å²) in [5.41, 5.74) is 3.72. The minimum absolute atomic E-state index is 0.310. The minimum atomic E-state index is 0.310. The largest absolute Gasteiger partial charge is 0.453 e. The Hall–Kier alpha value is -2.36. The molecule has 1 aromatic carbocycles. The molecule has 2 aliphatic rings. The second-order valence-electron chi connectivity index (χ2n) is 6.08. The van der Waals surface area contributed by atoms with Crippen LogP contribution in [0.5, 0.6) is 0 Å². The van der Waals surface area contributed by atoms with Crippen LogP contribution in [-0.2, 0) is 0 Å². The van der Waals surface area contributed by atoms with Gasteiger partial charge in [0.1, 0.15) is 11.2 Å². The minimum Gasteiger partial charge on any atom is -0.453 e. The molecule has 0 spiro atoms. The second-order valence-corrected chi connectivity index (χ2v) is 6.08. The predicted molar refractivity (Wildman–Crippen MR) is 99.5 cm³/mol. The van der Waals surface area contributed by atoms with Gasteiger partial charge in [-0.1, -0.05) is 6.92 Å². The van der Waals surface area contributed by atoms with Crippen molar-refractivity contribution in [2.45, 2.75) is 40.2 Å². The number of hydrogen-bond acceptors (Lipinski definition) is 4. The molecule has 0 amide bonds. The van der Waals surface area contributed by atoms with Gasteiger partial charge in [-0.05, 0) is 51.5 Å². The van der Waals surface area contributed by atoms with Crippen LogP contribution >= 0.6 is 0 Å². The topological polar surface area (TPSA) is 41.6 Å². The predicted octanol–water partition coefficient (Wildman–Crippen LogP) is 4.48. The van der Waals surface area contributed by atoms with Crippen LogP contribution in [0.3, 0.4) is 0 Å². The maximum absolute atomic E-state index is 6.13. The lowest BCUT2D eigenvalue weighted by molar-refractivity contribution is 0.611. The fourth-order valence-corrected chi connectivity index (χ4v) is 2.81. The van der Waals surface area contributed by atoms with Crippen molar-refractivity contribution in [3.05, 3.63) is 41.8 Å². The first kappa shape index (κ1) is 16.5. The molecule has 3 rings (SSSR count). The summed E-state index contributed by atoms with van der Waals surface area (Å²) < 4.78 is 6.13. The summed E-state index contributed by atoms with van der Waals surface area (Å²) in [5, 5.41) is 0.946. The van der Waals surface area contributed by atoms with E-state index in [9.17, 15) is 0 Å². The van der Waals surface area contributed by atoms with Gasteiger partial charge in [0, 0.05) is 37.0 Å². The van der Waals surface area contributed by atoms with E-state index in [1.807, 2.05) is 24.3 Å². The van der Waals surface area contributed by atoms with Crippen molar-refractivity contribution in [1.82, 2.24) is 4.98 Å². The van der Waals surface area contributed by atoms with Crippen LogP contribution in [0.2, 0.25) is 0 Å². The third-order valence-corrected chi connectivity index (χ3v) is 4.44. The molecule has 126 valence electrons. The van der Waals surface area contributed by atoms with E-state index in [4.69, 9.17) is 9.40 Å². The van der Waals surface area contributed by atoms with Crippen LogP contribution in [0.1, 0.15) is 34.1 Å². The highest BCUT2D eigenvalue weighted by Crippen LogP contribution is 2.27. The third-order valence-electron chi connectivity index (χ3n) is 4.44. The Kier molecular flexibility index (Phi) is 4.84. The Morgan fingerprint density at radius 3 is 2.58 bits per heavy atom. The Balaban J connectivity index is 2.12. The first-order chi connectivity index (χ1) is 11.6. The van der Waals surface area contributed by atoms with Crippen LogP contribution in [0.25, 0.3) is 22.6 Å². The summed E-state index contributed by atoms with van der Waals surface area (Å²) in [6.07, 6.45) is 1.03. The van der Waals surface area contributed by atoms with Gasteiger partial charge in [0.2, 0.25) is 0 Å². The van der Waals surface area contributed by atoms with E-state index in [1.165, 1.54) is 0 Å². The van der Waals surface area contributed by atoms with Crippen molar-refractivity contribution in [2.75, 3.05) is 18.0 Å². The number of rotatable bonds is 5. The summed E-state index contributed by atoms with van der Waals surface area (Å²) >= 11 is 0. The summed E-state index contributed by atoms with van der Waals surface area (Å²) in [7, 11) is 0. The van der Waals surface area contributed by atoms with Crippen LogP contribution in [0, 0.1) is 0 Å². The summed E-state index contributed by atoms with van der Waals surface area (Å²) in [6.45, 7) is 10.5. The van der Waals surface area contributed by atoms with E-state index in [2.05, 4.69) is 49.7 Å². The zero-order chi connectivity index (χ0) is 17.1. The van der Waals surface area contributed by atoms with Gasteiger partial charge >= 0.3 is 0 Å². The SMILES string of the molecule is CCC(C)/N=c1/ccc2nc3ccc(N(CC)CC)cc3oc-2c1. The number of anilines is 1. The molecule has 0 fully saturated rings. The van der Waals surface area contributed by atoms with Crippen molar-refractivity contribution >= 4 is 16.8 Å². The monoisotopic (exact) mass is 323 g/mol. The molecular weight excluding hydrogens is 298 g/mol. The molecule has 0 radical (unpaired) electrons. The van der Waals surface area contributed by atoms with Crippen LogP contribution in [0.4, 0.5) is 5.69 Å². The highest BCUT2D eigenvalue weighted by Gasteiger charge is 2.11. The highest BCUT2D eigenvalue weighted by atomic mass is 16.3. The second kappa shape index (κ2) is 7.04. The van der Waals surface area contributed by atoms with Gasteiger partial charge in [0.05, 0.1) is 5.36 Å². The molecular formula is C20H25N3O. The molecule has 1 aliphatic heterocycles. The van der Waals surface area contributed by atoms with Crippen LogP contribution in [0.15, 0.2) is 45.8 Å². The van der Waals surface area contributed by atoms with Gasteiger partial charge in [-0.2, -0.15) is 0 Å². The van der Waals surface area contributed by atoms with Gasteiger partial charge in [0.15, 0.2) is 11.3 Å². The zero-order valence-corrected chi connectivity index (χ0v) is 14.9. The number of aromatic nitrogens is 1. The average Bonchev–Trinajstić information content (AvgIpc) is 2.60. The summed E-state index contributed by atoms with van der Waals surface area (Å²) in [5.74, 6) is 0.781. The van der Waals surface area contributed by atoms with Crippen molar-refractivity contribution < 1.29 is 4.42 Å². The van der Waals surface area contributed by atoms with Gasteiger partial charge in [0.25, 0.3) is 0 Å². The van der Waals surface area contributed by atoms with Gasteiger partial charge < -0.3 is 9.32 Å². The molecule has 4 heteroatoms. The molecule has 24 heavy (non-hydrogen) atoms. The molecule has 1 aromatic rings. The normalized spacial score (nSPS) is 13.6. The van der Waals surface area contributed by atoms with E-state index in [1.54, 1.807) is 0 Å². The lowest BCUT2D eigenvalue weighted by Crippen LogP contribution is -2.21. The smallest absolute Gasteiger partial charge is 0.155 e. The van der Waals surface area contributed by atoms with Gasteiger partial charge in [-0.3, -0.25) is 4.99 Å². The van der Waals surface area contributed by atoms with Crippen molar-refractivity contribution in [1.29, 1.82) is 0 Å². The van der Waals surface area contributed by atoms with Gasteiger partial charge in [-0.15, -0.1) is 0 Å². The number of nitrogens with zero attached hydrogens (tertiary/aromatic N) is 3. The van der Waals surface area contributed by atoms with E-state index >= 15 is 0 Å². The average molecular weight is 323 g/mol. The molecule has 0 saturated carbocycles. The molecule has 4 nitrogen and oxygen atoms in total. The molecule has 0 bridgehead atoms. The standard InChI is InChI=1S/C20H25N3O/c1-5-14(4)21-15-8-10-17-19(12-15)24-20-13-16(23(6-2)7-3)9-11-18(20)22-17/h8-14H,5-7H2,1-4H3/b21-15-. The Morgan fingerprint density at radius 2 is 1.88 bits per heavy atom. The maximum Gasteiger partial charge on any atom is 0.155 e. The van der Waals surface area contributed by atoms with E-state index in [0.717, 1.165) is 53.1 Å². The molecule has 0 N–H and O–H groups in total. The molecule has 1 aliphatic carbocycles. The van der Waals surface area contributed by atoms with E-state index in [0.29, 0.717) is 6.04 Å². The highest BCUT2D eigenvalue weighted by molar-refractivity contribution is 5.80. The summed E-state index contributed by atoms with van der Waals surface area (Å²) in [6, 6.07) is 12.5. The van der Waals surface area contributed by atoms with Gasteiger partial charge in [-0.25, -0.2) is 4.98 Å². The molecule has 1 atom stereocenters. The number of hydrogen-bond donors (Lipinski definition) is 0. The number of benzene rings is 2. The Bertz CT molecular complexity index is 864. The van der Waals surface area contributed by atoms with E-state index in [-0.39, 0.29) is 0 Å². The summed E-state index contributed by atoms with van der Waals surface area (Å²) in [4.78, 5) is 11.7. The number of fused-ring (bicyclic) bond motifs is 2. The van der Waals surface area contributed by atoms with Crippen LogP contribution in [-0.4, -0.2) is 24.1 Å². The zero-order valence-electron chi connectivity index (χ0n) is 14.9. The maximum atomic E-state index is 6.13. The Morgan fingerprint density at radius 1 is 1.08 bits per heavy atom. The first-order valence-corrected chi connectivity index (χ1v) is 8.78. The van der Waals surface area contributed by atoms with Crippen molar-refractivity contribution in [3.8, 4) is 11.5 Å².